The van der Waals surface area contributed by atoms with Crippen molar-refractivity contribution in [3.63, 3.8) is 0 Å². The van der Waals surface area contributed by atoms with Gasteiger partial charge < -0.3 is 10.6 Å². The fraction of sp³-hybridized carbons (Fsp3) is 0.467. The molecule has 0 unspecified atom stereocenters. The summed E-state index contributed by atoms with van der Waals surface area (Å²) < 4.78 is 27.3. The van der Waals surface area contributed by atoms with Crippen molar-refractivity contribution in [2.75, 3.05) is 19.6 Å². The van der Waals surface area contributed by atoms with E-state index in [1.54, 1.807) is 0 Å². The lowest BCUT2D eigenvalue weighted by Gasteiger charge is -2.21. The van der Waals surface area contributed by atoms with Crippen LogP contribution in [0, 0.1) is 17.6 Å². The van der Waals surface area contributed by atoms with Gasteiger partial charge in [0.2, 0.25) is 5.91 Å². The second kappa shape index (κ2) is 6.00. The van der Waals surface area contributed by atoms with Gasteiger partial charge in [-0.15, -0.1) is 0 Å². The van der Waals surface area contributed by atoms with Gasteiger partial charge in [0.25, 0.3) is 0 Å². The highest BCUT2D eigenvalue weighted by Crippen LogP contribution is 2.41. The van der Waals surface area contributed by atoms with Crippen LogP contribution in [-0.2, 0) is 4.79 Å². The Hall–Kier alpha value is -2.02. The average molecular weight is 309 g/mol. The van der Waals surface area contributed by atoms with Crippen molar-refractivity contribution in [1.29, 1.82) is 0 Å². The van der Waals surface area contributed by atoms with Crippen LogP contribution in [0.3, 0.4) is 0 Å². The molecule has 1 aliphatic heterocycles. The third-order valence-corrected chi connectivity index (χ3v) is 4.02. The quantitative estimate of drug-likeness (QED) is 0.868. The van der Waals surface area contributed by atoms with Crippen molar-refractivity contribution >= 4 is 11.9 Å². The Morgan fingerprint density at radius 1 is 1.41 bits per heavy atom. The van der Waals surface area contributed by atoms with E-state index in [0.717, 1.165) is 29.9 Å². The first kappa shape index (κ1) is 14.9. The standard InChI is InChI=1S/C15H17F2N3O2/c16-10-3-4-12(17)11(7-10)14(9-1-2-9)19-8-13(21)20-6-5-18-15(20)22/h3-4,7,9,14,19H,1-2,5-6,8H2,(H,18,22)/t14-/m0/s1. The fourth-order valence-electron chi connectivity index (χ4n) is 2.72. The summed E-state index contributed by atoms with van der Waals surface area (Å²) in [5, 5.41) is 5.54. The van der Waals surface area contributed by atoms with E-state index >= 15 is 0 Å². The minimum Gasteiger partial charge on any atom is -0.336 e. The molecule has 1 aromatic carbocycles. The molecule has 5 nitrogen and oxygen atoms in total. The summed E-state index contributed by atoms with van der Waals surface area (Å²) in [6.07, 6.45) is 1.82. The van der Waals surface area contributed by atoms with Gasteiger partial charge in [0.15, 0.2) is 0 Å². The molecule has 1 heterocycles. The van der Waals surface area contributed by atoms with Gasteiger partial charge in [-0.05, 0) is 37.0 Å². The molecule has 1 saturated carbocycles. The van der Waals surface area contributed by atoms with E-state index in [4.69, 9.17) is 0 Å². The topological polar surface area (TPSA) is 61.4 Å². The van der Waals surface area contributed by atoms with Gasteiger partial charge in [0.05, 0.1) is 6.54 Å². The molecule has 1 aromatic rings. The van der Waals surface area contributed by atoms with Gasteiger partial charge >= 0.3 is 6.03 Å². The molecule has 0 aromatic heterocycles. The molecule has 1 saturated heterocycles. The molecule has 0 bridgehead atoms. The van der Waals surface area contributed by atoms with E-state index in [9.17, 15) is 18.4 Å². The fourth-order valence-corrected chi connectivity index (χ4v) is 2.72. The largest absolute Gasteiger partial charge is 0.336 e. The number of imide groups is 1. The Morgan fingerprint density at radius 3 is 2.82 bits per heavy atom. The van der Waals surface area contributed by atoms with Crippen LogP contribution in [0.25, 0.3) is 0 Å². The monoisotopic (exact) mass is 309 g/mol. The molecule has 2 fully saturated rings. The number of hydrogen-bond acceptors (Lipinski definition) is 3. The summed E-state index contributed by atoms with van der Waals surface area (Å²) in [5.74, 6) is -1.17. The minimum atomic E-state index is -0.505. The third kappa shape index (κ3) is 3.09. The van der Waals surface area contributed by atoms with Crippen LogP contribution in [0.5, 0.6) is 0 Å². The van der Waals surface area contributed by atoms with Crippen LogP contribution in [0.1, 0.15) is 24.4 Å². The lowest BCUT2D eigenvalue weighted by atomic mass is 10.0. The molecule has 22 heavy (non-hydrogen) atoms. The zero-order valence-corrected chi connectivity index (χ0v) is 11.9. The maximum Gasteiger partial charge on any atom is 0.324 e. The van der Waals surface area contributed by atoms with Crippen LogP contribution in [0.15, 0.2) is 18.2 Å². The first-order valence-corrected chi connectivity index (χ1v) is 7.33. The number of carbonyl (C=O) groups is 2. The average Bonchev–Trinajstić information content (AvgIpc) is 3.23. The number of nitrogens with zero attached hydrogens (tertiary/aromatic N) is 1. The molecular weight excluding hydrogens is 292 g/mol. The Morgan fingerprint density at radius 2 is 2.18 bits per heavy atom. The van der Waals surface area contributed by atoms with Crippen molar-refractivity contribution in [2.24, 2.45) is 5.92 Å². The molecule has 7 heteroatoms. The van der Waals surface area contributed by atoms with Crippen molar-refractivity contribution in [1.82, 2.24) is 15.5 Å². The van der Waals surface area contributed by atoms with Crippen molar-refractivity contribution in [3.05, 3.63) is 35.4 Å². The second-order valence-corrected chi connectivity index (χ2v) is 5.64. The van der Waals surface area contributed by atoms with Crippen LogP contribution in [-0.4, -0.2) is 36.5 Å². The van der Waals surface area contributed by atoms with Gasteiger partial charge in [-0.2, -0.15) is 0 Å². The van der Waals surface area contributed by atoms with E-state index in [0.29, 0.717) is 13.1 Å². The molecule has 2 aliphatic rings. The molecular formula is C15H17F2N3O2. The van der Waals surface area contributed by atoms with Crippen LogP contribution in [0.4, 0.5) is 13.6 Å². The number of rotatable bonds is 5. The zero-order chi connectivity index (χ0) is 15.7. The Labute approximate surface area is 126 Å². The summed E-state index contributed by atoms with van der Waals surface area (Å²) in [6, 6.07) is 2.51. The highest BCUT2D eigenvalue weighted by Gasteiger charge is 2.35. The first-order chi connectivity index (χ1) is 10.6. The van der Waals surface area contributed by atoms with E-state index in [1.807, 2.05) is 0 Å². The predicted octanol–water partition coefficient (Wildman–Crippen LogP) is 1.56. The number of urea groups is 1. The maximum absolute atomic E-state index is 13.9. The number of halogens is 2. The van der Waals surface area contributed by atoms with Crippen molar-refractivity contribution in [2.45, 2.75) is 18.9 Å². The van der Waals surface area contributed by atoms with Gasteiger partial charge in [-0.3, -0.25) is 9.69 Å². The summed E-state index contributed by atoms with van der Waals surface area (Å²) in [7, 11) is 0. The molecule has 118 valence electrons. The second-order valence-electron chi connectivity index (χ2n) is 5.64. The van der Waals surface area contributed by atoms with E-state index in [1.165, 1.54) is 6.07 Å². The smallest absolute Gasteiger partial charge is 0.324 e. The molecule has 3 amide bonds. The highest BCUT2D eigenvalue weighted by molar-refractivity contribution is 5.96. The van der Waals surface area contributed by atoms with Gasteiger partial charge in [-0.1, -0.05) is 0 Å². The minimum absolute atomic E-state index is 0.0788. The lowest BCUT2D eigenvalue weighted by molar-refractivity contribution is -0.126. The number of hydrogen-bond donors (Lipinski definition) is 2. The van der Waals surface area contributed by atoms with Crippen LogP contribution >= 0.6 is 0 Å². The van der Waals surface area contributed by atoms with Gasteiger partial charge in [0.1, 0.15) is 11.6 Å². The molecule has 3 rings (SSSR count). The normalized spacial score (nSPS) is 19.2. The number of amides is 3. The van der Waals surface area contributed by atoms with Crippen LogP contribution in [0.2, 0.25) is 0 Å². The molecule has 0 radical (unpaired) electrons. The van der Waals surface area contributed by atoms with Gasteiger partial charge in [0, 0.05) is 24.7 Å². The molecule has 1 aliphatic carbocycles. The number of benzene rings is 1. The SMILES string of the molecule is O=C(CN[C@H](c1cc(F)ccc1F)C1CC1)N1CCNC1=O. The van der Waals surface area contributed by atoms with Crippen molar-refractivity contribution in [3.8, 4) is 0 Å². The number of carbonyl (C=O) groups excluding carboxylic acids is 2. The van der Waals surface area contributed by atoms with Gasteiger partial charge in [-0.25, -0.2) is 13.6 Å². The first-order valence-electron chi connectivity index (χ1n) is 7.33. The Bertz CT molecular complexity index is 604. The molecule has 2 N–H and O–H groups in total. The van der Waals surface area contributed by atoms with Crippen LogP contribution < -0.4 is 10.6 Å². The summed E-state index contributed by atoms with van der Waals surface area (Å²) in [5.41, 5.74) is 0.237. The number of nitrogens with one attached hydrogen (secondary N) is 2. The maximum atomic E-state index is 13.9. The summed E-state index contributed by atoms with van der Waals surface area (Å²) in [6.45, 7) is 0.696. The Balaban J connectivity index is 1.69. The van der Waals surface area contributed by atoms with E-state index in [2.05, 4.69) is 10.6 Å². The Kier molecular flexibility index (Phi) is 4.06. The molecule has 1 atom stereocenters. The summed E-state index contributed by atoms with van der Waals surface area (Å²) in [4.78, 5) is 24.6. The van der Waals surface area contributed by atoms with E-state index < -0.39 is 23.7 Å². The summed E-state index contributed by atoms with van der Waals surface area (Å²) >= 11 is 0. The predicted molar refractivity (Wildman–Crippen MR) is 74.9 cm³/mol. The third-order valence-electron chi connectivity index (χ3n) is 4.02. The van der Waals surface area contributed by atoms with Crippen molar-refractivity contribution < 1.29 is 18.4 Å². The lowest BCUT2D eigenvalue weighted by Crippen LogP contribution is -2.41. The van der Waals surface area contributed by atoms with E-state index in [-0.39, 0.29) is 23.9 Å². The zero-order valence-electron chi connectivity index (χ0n) is 11.9. The highest BCUT2D eigenvalue weighted by atomic mass is 19.1. The molecule has 0 spiro atoms.